The van der Waals surface area contributed by atoms with Gasteiger partial charge in [-0.2, -0.15) is 0 Å². The molecule has 0 aromatic heterocycles. The lowest BCUT2D eigenvalue weighted by molar-refractivity contribution is -0.0332. The Morgan fingerprint density at radius 2 is 0.605 bits per heavy atom. The first-order chi connectivity index (χ1) is 18.5. The SMILES string of the molecule is CCCCCCCCCCCCCCCCC(O)[C@H](N)[C@H](O)[C@H](O)CCCCCCCCCCCCCC. The Bertz CT molecular complexity index is 447. The molecule has 1 unspecified atom stereocenters. The predicted molar refractivity (Wildman–Crippen MR) is 167 cm³/mol. The summed E-state index contributed by atoms with van der Waals surface area (Å²) in [5.41, 5.74) is 6.09. The van der Waals surface area contributed by atoms with E-state index < -0.39 is 24.4 Å². The Morgan fingerprint density at radius 3 is 0.895 bits per heavy atom. The Kier molecular flexibility index (Phi) is 29.7. The summed E-state index contributed by atoms with van der Waals surface area (Å²) < 4.78 is 0. The van der Waals surface area contributed by atoms with Crippen LogP contribution < -0.4 is 5.73 Å². The van der Waals surface area contributed by atoms with Crippen molar-refractivity contribution in [1.82, 2.24) is 0 Å². The maximum absolute atomic E-state index is 10.4. The minimum Gasteiger partial charge on any atom is -0.391 e. The van der Waals surface area contributed by atoms with Gasteiger partial charge in [0.15, 0.2) is 0 Å². The number of rotatable bonds is 31. The average molecular weight is 542 g/mol. The highest BCUT2D eigenvalue weighted by molar-refractivity contribution is 4.84. The summed E-state index contributed by atoms with van der Waals surface area (Å²) >= 11 is 0. The van der Waals surface area contributed by atoms with Gasteiger partial charge >= 0.3 is 0 Å². The van der Waals surface area contributed by atoms with Crippen LogP contribution in [0.2, 0.25) is 0 Å². The van der Waals surface area contributed by atoms with Gasteiger partial charge in [-0.25, -0.2) is 0 Å². The van der Waals surface area contributed by atoms with Crippen molar-refractivity contribution < 1.29 is 15.3 Å². The molecule has 0 saturated heterocycles. The van der Waals surface area contributed by atoms with E-state index in [1.54, 1.807) is 0 Å². The Hall–Kier alpha value is -0.160. The fourth-order valence-corrected chi connectivity index (χ4v) is 5.59. The summed E-state index contributed by atoms with van der Waals surface area (Å²) in [6.45, 7) is 4.54. The van der Waals surface area contributed by atoms with Crippen LogP contribution in [-0.2, 0) is 0 Å². The molecule has 0 aliphatic heterocycles. The fraction of sp³-hybridized carbons (Fsp3) is 1.00. The number of aliphatic hydroxyl groups is 3. The van der Waals surface area contributed by atoms with E-state index in [0.29, 0.717) is 12.8 Å². The van der Waals surface area contributed by atoms with Crippen molar-refractivity contribution in [2.24, 2.45) is 5.73 Å². The Balaban J connectivity index is 3.56. The van der Waals surface area contributed by atoms with E-state index in [1.807, 2.05) is 0 Å². The Labute approximate surface area is 239 Å². The van der Waals surface area contributed by atoms with Crippen molar-refractivity contribution in [1.29, 1.82) is 0 Å². The van der Waals surface area contributed by atoms with Crippen LogP contribution in [-0.4, -0.2) is 39.7 Å². The molecule has 0 aromatic carbocycles. The number of hydrogen-bond acceptors (Lipinski definition) is 4. The highest BCUT2D eigenvalue weighted by atomic mass is 16.3. The van der Waals surface area contributed by atoms with E-state index in [1.165, 1.54) is 141 Å². The van der Waals surface area contributed by atoms with Crippen LogP contribution in [0.1, 0.15) is 194 Å². The summed E-state index contributed by atoms with van der Waals surface area (Å²) in [7, 11) is 0. The van der Waals surface area contributed by atoms with Crippen LogP contribution in [0.5, 0.6) is 0 Å². The van der Waals surface area contributed by atoms with Gasteiger partial charge in [-0.1, -0.05) is 181 Å². The van der Waals surface area contributed by atoms with Crippen molar-refractivity contribution in [3.8, 4) is 0 Å². The Morgan fingerprint density at radius 1 is 0.368 bits per heavy atom. The van der Waals surface area contributed by atoms with Gasteiger partial charge in [-0.15, -0.1) is 0 Å². The molecule has 0 rings (SSSR count). The first-order valence-electron chi connectivity index (χ1n) is 17.3. The van der Waals surface area contributed by atoms with E-state index in [0.717, 1.165) is 25.7 Å². The third-order valence-corrected chi connectivity index (χ3v) is 8.44. The third kappa shape index (κ3) is 24.9. The lowest BCUT2D eigenvalue weighted by Gasteiger charge is -2.27. The molecule has 0 saturated carbocycles. The zero-order valence-electron chi connectivity index (χ0n) is 26.0. The van der Waals surface area contributed by atoms with Gasteiger partial charge in [0.1, 0.15) is 0 Å². The third-order valence-electron chi connectivity index (χ3n) is 8.44. The molecule has 4 heteroatoms. The van der Waals surface area contributed by atoms with E-state index in [-0.39, 0.29) is 0 Å². The van der Waals surface area contributed by atoms with E-state index in [2.05, 4.69) is 13.8 Å². The molecular weight excluding hydrogens is 470 g/mol. The summed E-state index contributed by atoms with van der Waals surface area (Å²) in [6.07, 6.45) is 32.3. The largest absolute Gasteiger partial charge is 0.391 e. The maximum atomic E-state index is 10.4. The second kappa shape index (κ2) is 29.8. The van der Waals surface area contributed by atoms with Crippen molar-refractivity contribution >= 4 is 0 Å². The second-order valence-electron chi connectivity index (χ2n) is 12.3. The van der Waals surface area contributed by atoms with E-state index in [9.17, 15) is 15.3 Å². The van der Waals surface area contributed by atoms with Crippen molar-refractivity contribution in [3.05, 3.63) is 0 Å². The first kappa shape index (κ1) is 37.8. The molecule has 0 amide bonds. The predicted octanol–water partition coefficient (Wildman–Crippen LogP) is 9.36. The molecule has 38 heavy (non-hydrogen) atoms. The van der Waals surface area contributed by atoms with Crippen LogP contribution in [0.4, 0.5) is 0 Å². The lowest BCUT2D eigenvalue weighted by atomic mass is 9.94. The molecule has 0 bridgehead atoms. The minimum absolute atomic E-state index is 0.567. The normalized spacial score (nSPS) is 15.0. The number of unbranched alkanes of at least 4 members (excludes halogenated alkanes) is 24. The molecule has 5 N–H and O–H groups in total. The van der Waals surface area contributed by atoms with Gasteiger partial charge < -0.3 is 21.1 Å². The minimum atomic E-state index is -1.04. The van der Waals surface area contributed by atoms with E-state index >= 15 is 0 Å². The van der Waals surface area contributed by atoms with Crippen molar-refractivity contribution in [2.45, 2.75) is 218 Å². The molecule has 0 radical (unpaired) electrons. The molecule has 4 nitrogen and oxygen atoms in total. The first-order valence-corrected chi connectivity index (χ1v) is 17.3. The van der Waals surface area contributed by atoms with Crippen LogP contribution >= 0.6 is 0 Å². The molecule has 4 atom stereocenters. The van der Waals surface area contributed by atoms with Gasteiger partial charge in [0, 0.05) is 0 Å². The van der Waals surface area contributed by atoms with Gasteiger partial charge in [-0.3, -0.25) is 0 Å². The lowest BCUT2D eigenvalue weighted by Crippen LogP contribution is -2.50. The zero-order valence-corrected chi connectivity index (χ0v) is 26.0. The highest BCUT2D eigenvalue weighted by Crippen LogP contribution is 2.17. The van der Waals surface area contributed by atoms with Gasteiger partial charge in [0.05, 0.1) is 24.4 Å². The summed E-state index contributed by atoms with van der Waals surface area (Å²) in [4.78, 5) is 0. The van der Waals surface area contributed by atoms with Crippen molar-refractivity contribution in [3.63, 3.8) is 0 Å². The molecule has 0 heterocycles. The zero-order chi connectivity index (χ0) is 28.1. The summed E-state index contributed by atoms with van der Waals surface area (Å²) in [5, 5.41) is 31.2. The maximum Gasteiger partial charge on any atom is 0.0974 e. The average Bonchev–Trinajstić information content (AvgIpc) is 2.92. The van der Waals surface area contributed by atoms with Gasteiger partial charge in [-0.05, 0) is 12.8 Å². The van der Waals surface area contributed by atoms with Crippen LogP contribution in [0.15, 0.2) is 0 Å². The van der Waals surface area contributed by atoms with Crippen molar-refractivity contribution in [2.75, 3.05) is 0 Å². The number of hydrogen-bond donors (Lipinski definition) is 4. The molecule has 0 spiro atoms. The standard InChI is InChI=1S/C34H71NO3/c1-3-5-7-9-11-13-15-17-18-20-21-23-25-27-29-31(36)33(35)34(38)32(37)30-28-26-24-22-19-16-14-12-10-8-6-4-2/h31-34,36-38H,3-30,35H2,1-2H3/t31?,32-,33+,34-/m1/s1. The van der Waals surface area contributed by atoms with E-state index in [4.69, 9.17) is 5.73 Å². The second-order valence-corrected chi connectivity index (χ2v) is 12.3. The monoisotopic (exact) mass is 542 g/mol. The quantitative estimate of drug-likeness (QED) is 0.0658. The molecule has 0 aliphatic carbocycles. The van der Waals surface area contributed by atoms with Crippen LogP contribution in [0.25, 0.3) is 0 Å². The molecule has 230 valence electrons. The molecule has 0 aliphatic rings. The van der Waals surface area contributed by atoms with Gasteiger partial charge in [0.2, 0.25) is 0 Å². The number of nitrogens with two attached hydrogens (primary N) is 1. The molecule has 0 aromatic rings. The number of aliphatic hydroxyl groups excluding tert-OH is 3. The topological polar surface area (TPSA) is 86.7 Å². The summed E-state index contributed by atoms with van der Waals surface area (Å²) in [6, 6.07) is -0.760. The van der Waals surface area contributed by atoms with Gasteiger partial charge in [0.25, 0.3) is 0 Å². The van der Waals surface area contributed by atoms with Crippen LogP contribution in [0, 0.1) is 0 Å². The summed E-state index contributed by atoms with van der Waals surface area (Å²) in [5.74, 6) is 0. The molecular formula is C34H71NO3. The molecule has 0 fully saturated rings. The van der Waals surface area contributed by atoms with Crippen LogP contribution in [0.3, 0.4) is 0 Å². The smallest absolute Gasteiger partial charge is 0.0974 e. The highest BCUT2D eigenvalue weighted by Gasteiger charge is 2.28. The fourth-order valence-electron chi connectivity index (χ4n) is 5.59.